The van der Waals surface area contributed by atoms with Crippen LogP contribution in [-0.2, 0) is 4.75 Å². The molecule has 1 aromatic heterocycles. The van der Waals surface area contributed by atoms with Gasteiger partial charge in [0.05, 0.1) is 4.75 Å². The summed E-state index contributed by atoms with van der Waals surface area (Å²) < 4.78 is -0.451. The third kappa shape index (κ3) is 4.08. The zero-order chi connectivity index (χ0) is 20.8. The van der Waals surface area contributed by atoms with Crippen molar-refractivity contribution in [2.45, 2.75) is 4.75 Å². The molecule has 0 amide bonds. The molecule has 0 radical (unpaired) electrons. The molecule has 3 nitrogen and oxygen atoms in total. The second-order valence-electron chi connectivity index (χ2n) is 6.58. The van der Waals surface area contributed by atoms with Gasteiger partial charge in [0.25, 0.3) is 0 Å². The average molecular weight is 430 g/mol. The molecule has 3 aromatic carbocycles. The van der Waals surface area contributed by atoms with Gasteiger partial charge in [-0.25, -0.2) is 9.78 Å². The lowest BCUT2D eigenvalue weighted by atomic mass is 9.84. The molecule has 4 aromatic rings. The average Bonchev–Trinajstić information content (AvgIpc) is 3.28. The summed E-state index contributed by atoms with van der Waals surface area (Å²) >= 11 is 3.00. The topological polar surface area (TPSA) is 50.2 Å². The summed E-state index contributed by atoms with van der Waals surface area (Å²) in [5.41, 5.74) is 3.58. The van der Waals surface area contributed by atoms with Gasteiger partial charge in [0.1, 0.15) is 5.01 Å². The summed E-state index contributed by atoms with van der Waals surface area (Å²) in [6.07, 6.45) is 1.88. The number of carboxylic acids is 1. The number of thiazole rings is 1. The molecule has 148 valence electrons. The molecule has 0 unspecified atom stereocenters. The van der Waals surface area contributed by atoms with Crippen LogP contribution >= 0.6 is 23.1 Å². The van der Waals surface area contributed by atoms with Gasteiger partial charge in [0.15, 0.2) is 5.69 Å². The van der Waals surface area contributed by atoms with E-state index in [1.807, 2.05) is 29.7 Å². The van der Waals surface area contributed by atoms with Gasteiger partial charge in [-0.1, -0.05) is 91.0 Å². The third-order valence-electron chi connectivity index (χ3n) is 4.74. The first-order valence-electron chi connectivity index (χ1n) is 9.40. The summed E-state index contributed by atoms with van der Waals surface area (Å²) in [7, 11) is 0. The lowest BCUT2D eigenvalue weighted by Gasteiger charge is -2.34. The van der Waals surface area contributed by atoms with E-state index in [4.69, 9.17) is 5.11 Å². The van der Waals surface area contributed by atoms with Gasteiger partial charge < -0.3 is 5.11 Å². The van der Waals surface area contributed by atoms with Crippen LogP contribution in [0.4, 0.5) is 0 Å². The number of aromatic nitrogens is 1. The molecule has 0 bridgehead atoms. The van der Waals surface area contributed by atoms with Crippen LogP contribution in [0.2, 0.25) is 0 Å². The van der Waals surface area contributed by atoms with Gasteiger partial charge >= 0.3 is 5.97 Å². The molecular formula is C25H19NO2S2. The smallest absolute Gasteiger partial charge is 0.355 e. The first-order chi connectivity index (χ1) is 14.7. The zero-order valence-electron chi connectivity index (χ0n) is 16.0. The summed E-state index contributed by atoms with van der Waals surface area (Å²) in [5, 5.41) is 13.4. The van der Waals surface area contributed by atoms with E-state index in [1.54, 1.807) is 17.1 Å². The van der Waals surface area contributed by atoms with Crippen molar-refractivity contribution in [2.75, 3.05) is 0 Å². The quantitative estimate of drug-likeness (QED) is 0.339. The van der Waals surface area contributed by atoms with E-state index in [9.17, 15) is 4.79 Å². The van der Waals surface area contributed by atoms with Crippen molar-refractivity contribution >= 4 is 35.1 Å². The summed E-state index contributed by atoms with van der Waals surface area (Å²) in [6, 6.07) is 31.3. The number of carboxylic acid groups (broad SMARTS) is 1. The number of hydrogen-bond acceptors (Lipinski definition) is 4. The number of hydrogen-bond donors (Lipinski definition) is 1. The van der Waals surface area contributed by atoms with E-state index in [2.05, 4.69) is 77.8 Å². The zero-order valence-corrected chi connectivity index (χ0v) is 17.6. The maximum Gasteiger partial charge on any atom is 0.355 e. The Morgan fingerprint density at radius 2 is 1.30 bits per heavy atom. The second-order valence-corrected chi connectivity index (χ2v) is 8.59. The highest BCUT2D eigenvalue weighted by Crippen LogP contribution is 2.49. The van der Waals surface area contributed by atoms with Gasteiger partial charge in [0.2, 0.25) is 0 Å². The van der Waals surface area contributed by atoms with Crippen molar-refractivity contribution in [3.63, 3.8) is 0 Å². The predicted molar refractivity (Wildman–Crippen MR) is 125 cm³/mol. The van der Waals surface area contributed by atoms with E-state index in [0.717, 1.165) is 0 Å². The fourth-order valence-corrected chi connectivity index (χ4v) is 5.37. The minimum Gasteiger partial charge on any atom is -0.476 e. The van der Waals surface area contributed by atoms with Crippen LogP contribution in [-0.4, -0.2) is 16.1 Å². The molecule has 0 aliphatic heterocycles. The Balaban J connectivity index is 1.82. The minimum absolute atomic E-state index is 0.0742. The van der Waals surface area contributed by atoms with Gasteiger partial charge in [-0.2, -0.15) is 0 Å². The molecule has 0 saturated heterocycles. The Morgan fingerprint density at radius 1 is 0.833 bits per heavy atom. The predicted octanol–water partition coefficient (Wildman–Crippen LogP) is 6.54. The van der Waals surface area contributed by atoms with E-state index in [-0.39, 0.29) is 5.69 Å². The highest BCUT2D eigenvalue weighted by Gasteiger charge is 2.36. The van der Waals surface area contributed by atoms with E-state index < -0.39 is 10.7 Å². The van der Waals surface area contributed by atoms with Crippen LogP contribution in [0.1, 0.15) is 32.2 Å². The van der Waals surface area contributed by atoms with Crippen LogP contribution in [0.3, 0.4) is 0 Å². The number of aromatic carboxylic acids is 1. The molecule has 4 rings (SSSR count). The summed E-state index contributed by atoms with van der Waals surface area (Å²) in [5.74, 6) is -1.01. The van der Waals surface area contributed by atoms with Crippen molar-refractivity contribution in [2.24, 2.45) is 0 Å². The third-order valence-corrected chi connectivity index (χ3v) is 6.88. The lowest BCUT2D eigenvalue weighted by molar-refractivity contribution is 0.0691. The van der Waals surface area contributed by atoms with Crippen molar-refractivity contribution in [3.8, 4) is 0 Å². The van der Waals surface area contributed by atoms with Crippen LogP contribution in [0.5, 0.6) is 0 Å². The van der Waals surface area contributed by atoms with Gasteiger partial charge in [-0.15, -0.1) is 23.1 Å². The molecule has 0 fully saturated rings. The van der Waals surface area contributed by atoms with Gasteiger partial charge in [0, 0.05) is 5.38 Å². The fourth-order valence-electron chi connectivity index (χ4n) is 3.38. The fraction of sp³-hybridized carbons (Fsp3) is 0.0400. The van der Waals surface area contributed by atoms with E-state index >= 15 is 0 Å². The molecule has 0 saturated carbocycles. The summed E-state index contributed by atoms with van der Waals surface area (Å²) in [4.78, 5) is 15.3. The van der Waals surface area contributed by atoms with E-state index in [1.165, 1.54) is 28.0 Å². The maximum atomic E-state index is 11.1. The molecule has 0 aliphatic rings. The maximum absolute atomic E-state index is 11.1. The van der Waals surface area contributed by atoms with Gasteiger partial charge in [-0.05, 0) is 28.2 Å². The number of thioether (sulfide) groups is 1. The first kappa shape index (κ1) is 20.1. The minimum atomic E-state index is -1.01. The van der Waals surface area contributed by atoms with Crippen LogP contribution in [0.15, 0.2) is 102 Å². The largest absolute Gasteiger partial charge is 0.476 e. The molecule has 0 atom stereocenters. The normalized spacial score (nSPS) is 11.6. The Hall–Kier alpha value is -3.15. The molecule has 1 heterocycles. The van der Waals surface area contributed by atoms with Crippen molar-refractivity contribution < 1.29 is 9.90 Å². The highest BCUT2D eigenvalue weighted by atomic mass is 32.2. The lowest BCUT2D eigenvalue weighted by Crippen LogP contribution is -2.24. The summed E-state index contributed by atoms with van der Waals surface area (Å²) in [6.45, 7) is 0. The SMILES string of the molecule is O=C(O)c1csc(C=CSC(c2ccccc2)(c2ccccc2)c2ccccc2)n1. The molecule has 5 heteroatoms. The van der Waals surface area contributed by atoms with Crippen LogP contribution in [0.25, 0.3) is 6.08 Å². The van der Waals surface area contributed by atoms with Gasteiger partial charge in [-0.3, -0.25) is 0 Å². The number of rotatable bonds is 7. The molecule has 30 heavy (non-hydrogen) atoms. The molecule has 0 spiro atoms. The molecular weight excluding hydrogens is 410 g/mol. The van der Waals surface area contributed by atoms with Crippen LogP contribution < -0.4 is 0 Å². The number of carbonyl (C=O) groups is 1. The van der Waals surface area contributed by atoms with Crippen molar-refractivity contribution in [1.29, 1.82) is 0 Å². The monoisotopic (exact) mass is 429 g/mol. The van der Waals surface area contributed by atoms with Crippen LogP contribution in [0, 0.1) is 0 Å². The second kappa shape index (κ2) is 9.11. The van der Waals surface area contributed by atoms with Crippen molar-refractivity contribution in [3.05, 3.63) is 129 Å². The van der Waals surface area contributed by atoms with E-state index in [0.29, 0.717) is 5.01 Å². The Labute approximate surface area is 183 Å². The first-order valence-corrected chi connectivity index (χ1v) is 11.2. The number of benzene rings is 3. The van der Waals surface area contributed by atoms with Crippen molar-refractivity contribution in [1.82, 2.24) is 4.98 Å². The number of nitrogens with zero attached hydrogens (tertiary/aromatic N) is 1. The molecule has 0 aliphatic carbocycles. The molecule has 1 N–H and O–H groups in total. The Bertz CT molecular complexity index is 1040. The standard InChI is InChI=1S/C25H19NO2S2/c27-24(28)22-18-29-23(26-22)16-17-30-25(19-10-4-1-5-11-19,20-12-6-2-7-13-20)21-14-8-3-9-15-21/h1-18H,(H,27,28). The Morgan fingerprint density at radius 3 is 1.70 bits per heavy atom. The Kier molecular flexibility index (Phi) is 6.12. The highest BCUT2D eigenvalue weighted by molar-refractivity contribution is 8.03.